The number of carboxylic acid groups (broad SMARTS) is 1. The maximum atomic E-state index is 12.6. The normalized spacial score (nSPS) is 11.4. The van der Waals surface area contributed by atoms with Crippen molar-refractivity contribution in [3.63, 3.8) is 0 Å². The summed E-state index contributed by atoms with van der Waals surface area (Å²) in [5, 5.41) is 8.92. The number of hydrogen-bond acceptors (Lipinski definition) is 3. The highest BCUT2D eigenvalue weighted by atomic mass is 79.9. The SMILES string of the molecule is O=C(O)c1nc(-c2cccc(C(F)(F)F)c2)ncc1Br. The number of halogens is 4. The average molecular weight is 347 g/mol. The predicted molar refractivity (Wildman–Crippen MR) is 67.1 cm³/mol. The number of benzene rings is 1. The number of carbonyl (C=O) groups is 1. The van der Waals surface area contributed by atoms with Crippen molar-refractivity contribution in [3.05, 3.63) is 46.2 Å². The maximum Gasteiger partial charge on any atom is 0.416 e. The molecule has 0 spiro atoms. The van der Waals surface area contributed by atoms with Crippen LogP contribution in [-0.4, -0.2) is 21.0 Å². The molecule has 4 nitrogen and oxygen atoms in total. The molecule has 1 N–H and O–H groups in total. The van der Waals surface area contributed by atoms with E-state index in [9.17, 15) is 18.0 Å². The van der Waals surface area contributed by atoms with Gasteiger partial charge in [0.05, 0.1) is 10.0 Å². The van der Waals surface area contributed by atoms with Crippen LogP contribution in [0.3, 0.4) is 0 Å². The van der Waals surface area contributed by atoms with Gasteiger partial charge in [0.2, 0.25) is 0 Å². The molecule has 1 heterocycles. The lowest BCUT2D eigenvalue weighted by atomic mass is 10.1. The van der Waals surface area contributed by atoms with Gasteiger partial charge in [-0.1, -0.05) is 12.1 Å². The van der Waals surface area contributed by atoms with Crippen LogP contribution in [0.1, 0.15) is 16.1 Å². The van der Waals surface area contributed by atoms with E-state index in [0.29, 0.717) is 0 Å². The van der Waals surface area contributed by atoms with E-state index in [0.717, 1.165) is 12.1 Å². The van der Waals surface area contributed by atoms with Crippen LogP contribution in [0.25, 0.3) is 11.4 Å². The number of hydrogen-bond donors (Lipinski definition) is 1. The summed E-state index contributed by atoms with van der Waals surface area (Å²) in [5.41, 5.74) is -1.07. The minimum Gasteiger partial charge on any atom is -0.476 e. The Morgan fingerprint density at radius 1 is 1.30 bits per heavy atom. The molecule has 2 rings (SSSR count). The molecule has 0 aliphatic heterocycles. The Morgan fingerprint density at radius 3 is 2.60 bits per heavy atom. The number of carboxylic acids is 1. The number of aromatic carboxylic acids is 1. The number of aromatic nitrogens is 2. The second-order valence-corrected chi connectivity index (χ2v) is 4.63. The monoisotopic (exact) mass is 346 g/mol. The molecule has 0 atom stereocenters. The van der Waals surface area contributed by atoms with E-state index in [2.05, 4.69) is 25.9 Å². The molecule has 1 aromatic heterocycles. The quantitative estimate of drug-likeness (QED) is 0.901. The van der Waals surface area contributed by atoms with Gasteiger partial charge in [-0.15, -0.1) is 0 Å². The zero-order valence-electron chi connectivity index (χ0n) is 9.65. The summed E-state index contributed by atoms with van der Waals surface area (Å²) >= 11 is 2.96. The Bertz CT molecular complexity index is 674. The van der Waals surface area contributed by atoms with Crippen LogP contribution >= 0.6 is 15.9 Å². The highest BCUT2D eigenvalue weighted by molar-refractivity contribution is 9.10. The average Bonchev–Trinajstić information content (AvgIpc) is 2.38. The Labute approximate surface area is 119 Å². The first kappa shape index (κ1) is 14.4. The second kappa shape index (κ2) is 5.20. The topological polar surface area (TPSA) is 63.1 Å². The van der Waals surface area contributed by atoms with Crippen LogP contribution in [0.5, 0.6) is 0 Å². The molecule has 20 heavy (non-hydrogen) atoms. The highest BCUT2D eigenvalue weighted by Crippen LogP contribution is 2.31. The van der Waals surface area contributed by atoms with E-state index in [1.165, 1.54) is 18.3 Å². The van der Waals surface area contributed by atoms with Crippen LogP contribution < -0.4 is 0 Å². The lowest BCUT2D eigenvalue weighted by Crippen LogP contribution is -2.06. The third-order valence-corrected chi connectivity index (χ3v) is 2.98. The molecule has 0 saturated carbocycles. The van der Waals surface area contributed by atoms with Crippen LogP contribution in [0.15, 0.2) is 34.9 Å². The summed E-state index contributed by atoms with van der Waals surface area (Å²) in [6.07, 6.45) is -3.30. The summed E-state index contributed by atoms with van der Waals surface area (Å²) in [6.45, 7) is 0. The van der Waals surface area contributed by atoms with Gasteiger partial charge < -0.3 is 5.11 Å². The molecular formula is C12H6BrF3N2O2. The summed E-state index contributed by atoms with van der Waals surface area (Å²) in [5.74, 6) is -1.38. The van der Waals surface area contributed by atoms with Crippen molar-refractivity contribution in [1.29, 1.82) is 0 Å². The smallest absolute Gasteiger partial charge is 0.416 e. The first-order valence-electron chi connectivity index (χ1n) is 5.22. The molecule has 8 heteroatoms. The van der Waals surface area contributed by atoms with Gasteiger partial charge in [-0.25, -0.2) is 14.8 Å². The summed E-state index contributed by atoms with van der Waals surface area (Å²) in [4.78, 5) is 18.5. The van der Waals surface area contributed by atoms with Crippen molar-refractivity contribution >= 4 is 21.9 Å². The molecule has 0 aliphatic rings. The van der Waals surface area contributed by atoms with Crippen LogP contribution in [0, 0.1) is 0 Å². The van der Waals surface area contributed by atoms with Crippen molar-refractivity contribution in [2.75, 3.05) is 0 Å². The molecule has 0 unspecified atom stereocenters. The standard InChI is InChI=1S/C12H6BrF3N2O2/c13-8-5-17-10(18-9(8)11(19)20)6-2-1-3-7(4-6)12(14,15)16/h1-5H,(H,19,20). The van der Waals surface area contributed by atoms with E-state index in [-0.39, 0.29) is 21.6 Å². The fraction of sp³-hybridized carbons (Fsp3) is 0.0833. The molecule has 0 bridgehead atoms. The van der Waals surface area contributed by atoms with Gasteiger partial charge in [-0.05, 0) is 28.1 Å². The van der Waals surface area contributed by atoms with E-state index in [1.54, 1.807) is 0 Å². The summed E-state index contributed by atoms with van der Waals surface area (Å²) in [7, 11) is 0. The Kier molecular flexibility index (Phi) is 3.76. The predicted octanol–water partition coefficient (Wildman–Crippen LogP) is 3.62. The van der Waals surface area contributed by atoms with Gasteiger partial charge in [0.25, 0.3) is 0 Å². The van der Waals surface area contributed by atoms with E-state index >= 15 is 0 Å². The van der Waals surface area contributed by atoms with Crippen molar-refractivity contribution in [3.8, 4) is 11.4 Å². The lowest BCUT2D eigenvalue weighted by Gasteiger charge is -2.08. The van der Waals surface area contributed by atoms with Crippen molar-refractivity contribution in [1.82, 2.24) is 9.97 Å². The second-order valence-electron chi connectivity index (χ2n) is 3.77. The molecule has 0 radical (unpaired) electrons. The van der Waals surface area contributed by atoms with Crippen LogP contribution in [0.4, 0.5) is 13.2 Å². The van der Waals surface area contributed by atoms with E-state index < -0.39 is 17.7 Å². The molecule has 0 fully saturated rings. The van der Waals surface area contributed by atoms with Gasteiger partial charge in [-0.2, -0.15) is 13.2 Å². The first-order valence-corrected chi connectivity index (χ1v) is 6.02. The molecule has 0 saturated heterocycles. The van der Waals surface area contributed by atoms with Crippen LogP contribution in [-0.2, 0) is 6.18 Å². The third kappa shape index (κ3) is 2.96. The molecule has 0 aliphatic carbocycles. The minimum absolute atomic E-state index is 0.0864. The molecular weight excluding hydrogens is 341 g/mol. The Hall–Kier alpha value is -1.96. The Morgan fingerprint density at radius 2 is 2.00 bits per heavy atom. The van der Waals surface area contributed by atoms with Gasteiger partial charge in [0, 0.05) is 11.8 Å². The number of rotatable bonds is 2. The molecule has 104 valence electrons. The molecule has 1 aromatic carbocycles. The highest BCUT2D eigenvalue weighted by Gasteiger charge is 2.30. The van der Waals surface area contributed by atoms with Gasteiger partial charge in [0.1, 0.15) is 0 Å². The molecule has 0 amide bonds. The fourth-order valence-electron chi connectivity index (χ4n) is 1.49. The fourth-order valence-corrected chi connectivity index (χ4v) is 1.85. The lowest BCUT2D eigenvalue weighted by molar-refractivity contribution is -0.137. The van der Waals surface area contributed by atoms with Crippen LogP contribution in [0.2, 0.25) is 0 Å². The van der Waals surface area contributed by atoms with Gasteiger partial charge in [0.15, 0.2) is 11.5 Å². The minimum atomic E-state index is -4.49. The van der Waals surface area contributed by atoms with Crippen molar-refractivity contribution in [2.45, 2.75) is 6.18 Å². The van der Waals surface area contributed by atoms with E-state index in [4.69, 9.17) is 5.11 Å². The van der Waals surface area contributed by atoms with Gasteiger partial charge in [-0.3, -0.25) is 0 Å². The number of alkyl halides is 3. The van der Waals surface area contributed by atoms with Crippen molar-refractivity contribution in [2.24, 2.45) is 0 Å². The molecule has 2 aromatic rings. The zero-order valence-corrected chi connectivity index (χ0v) is 11.2. The largest absolute Gasteiger partial charge is 0.476 e. The van der Waals surface area contributed by atoms with E-state index in [1.807, 2.05) is 0 Å². The summed E-state index contributed by atoms with van der Waals surface area (Å²) in [6, 6.07) is 4.38. The summed E-state index contributed by atoms with van der Waals surface area (Å²) < 4.78 is 38.0. The number of nitrogens with zero attached hydrogens (tertiary/aromatic N) is 2. The third-order valence-electron chi connectivity index (χ3n) is 2.39. The maximum absolute atomic E-state index is 12.6. The van der Waals surface area contributed by atoms with Crippen molar-refractivity contribution < 1.29 is 23.1 Å². The Balaban J connectivity index is 2.52. The zero-order chi connectivity index (χ0) is 14.9. The first-order chi connectivity index (χ1) is 9.29. The van der Waals surface area contributed by atoms with Gasteiger partial charge >= 0.3 is 12.1 Å².